The molecule has 5 heteroatoms. The van der Waals surface area contributed by atoms with Crippen molar-refractivity contribution in [1.82, 2.24) is 9.97 Å². The molecular formula is C13H18N4S. The van der Waals surface area contributed by atoms with E-state index < -0.39 is 0 Å². The molecule has 0 aliphatic heterocycles. The van der Waals surface area contributed by atoms with Crippen LogP contribution >= 0.6 is 11.3 Å². The largest absolute Gasteiger partial charge is 0.308 e. The Balaban J connectivity index is 2.44. The van der Waals surface area contributed by atoms with Crippen molar-refractivity contribution in [3.05, 3.63) is 28.1 Å². The van der Waals surface area contributed by atoms with E-state index in [1.54, 1.807) is 11.3 Å². The van der Waals surface area contributed by atoms with E-state index in [9.17, 15) is 0 Å². The molecular weight excluding hydrogens is 244 g/mol. The molecule has 2 heterocycles. The number of rotatable bonds is 4. The Bertz CT molecular complexity index is 534. The van der Waals surface area contributed by atoms with Crippen molar-refractivity contribution in [2.75, 3.05) is 5.43 Å². The molecule has 0 amide bonds. The van der Waals surface area contributed by atoms with Gasteiger partial charge < -0.3 is 5.43 Å². The van der Waals surface area contributed by atoms with E-state index in [1.165, 1.54) is 5.56 Å². The summed E-state index contributed by atoms with van der Waals surface area (Å²) in [5.41, 5.74) is 5.92. The zero-order valence-corrected chi connectivity index (χ0v) is 11.7. The maximum absolute atomic E-state index is 5.47. The van der Waals surface area contributed by atoms with Gasteiger partial charge in [0.25, 0.3) is 0 Å². The van der Waals surface area contributed by atoms with Gasteiger partial charge in [-0.25, -0.2) is 15.8 Å². The molecule has 3 N–H and O–H groups in total. The topological polar surface area (TPSA) is 63.8 Å². The van der Waals surface area contributed by atoms with Crippen LogP contribution in [-0.2, 0) is 6.42 Å². The Morgan fingerprint density at radius 2 is 2.11 bits per heavy atom. The van der Waals surface area contributed by atoms with Crippen LogP contribution < -0.4 is 11.3 Å². The summed E-state index contributed by atoms with van der Waals surface area (Å²) in [7, 11) is 0. The fourth-order valence-corrected chi connectivity index (χ4v) is 2.63. The van der Waals surface area contributed by atoms with Crippen molar-refractivity contribution < 1.29 is 0 Å². The van der Waals surface area contributed by atoms with E-state index in [2.05, 4.69) is 46.9 Å². The van der Waals surface area contributed by atoms with Crippen LogP contribution in [0, 0.1) is 12.8 Å². The fourth-order valence-electron chi connectivity index (χ4n) is 1.80. The van der Waals surface area contributed by atoms with E-state index >= 15 is 0 Å². The summed E-state index contributed by atoms with van der Waals surface area (Å²) < 4.78 is 0. The maximum Gasteiger partial charge on any atom is 0.162 e. The van der Waals surface area contributed by atoms with Crippen molar-refractivity contribution in [1.29, 1.82) is 0 Å². The number of hydrazine groups is 1. The molecule has 0 fully saturated rings. The van der Waals surface area contributed by atoms with Gasteiger partial charge in [-0.1, -0.05) is 13.8 Å². The van der Waals surface area contributed by atoms with E-state index in [4.69, 9.17) is 5.84 Å². The van der Waals surface area contributed by atoms with Gasteiger partial charge in [0.15, 0.2) is 5.82 Å². The Morgan fingerprint density at radius 1 is 1.33 bits per heavy atom. The number of thiophene rings is 1. The lowest BCUT2D eigenvalue weighted by Gasteiger charge is -2.09. The summed E-state index contributed by atoms with van der Waals surface area (Å²) in [4.78, 5) is 9.05. The molecule has 18 heavy (non-hydrogen) atoms. The molecule has 0 aliphatic rings. The third-order valence-corrected chi connectivity index (χ3v) is 3.50. The highest BCUT2D eigenvalue weighted by Crippen LogP contribution is 2.25. The van der Waals surface area contributed by atoms with Crippen LogP contribution in [0.1, 0.15) is 25.1 Å². The van der Waals surface area contributed by atoms with Crippen LogP contribution in [0.5, 0.6) is 0 Å². The fraction of sp³-hybridized carbons (Fsp3) is 0.385. The predicted molar refractivity (Wildman–Crippen MR) is 76.4 cm³/mol. The van der Waals surface area contributed by atoms with Gasteiger partial charge in [-0.05, 0) is 30.2 Å². The maximum atomic E-state index is 5.47. The smallest absolute Gasteiger partial charge is 0.162 e. The van der Waals surface area contributed by atoms with Gasteiger partial charge in [-0.2, -0.15) is 11.3 Å². The zero-order chi connectivity index (χ0) is 13.1. The van der Waals surface area contributed by atoms with Crippen LogP contribution in [0.2, 0.25) is 0 Å². The number of hydrogen-bond donors (Lipinski definition) is 2. The standard InChI is InChI=1S/C13H18N4S/c1-8(2)4-10-5-12(17-14)16-13(15-10)11-7-18-6-9(11)3/h5-8H,4,14H2,1-3H3,(H,15,16,17). The van der Waals surface area contributed by atoms with Crippen molar-refractivity contribution in [3.8, 4) is 11.4 Å². The summed E-state index contributed by atoms with van der Waals surface area (Å²) in [5.74, 6) is 7.45. The highest BCUT2D eigenvalue weighted by molar-refractivity contribution is 7.08. The number of nitrogens with two attached hydrogens (primary N) is 1. The number of nitrogen functional groups attached to an aromatic ring is 1. The minimum Gasteiger partial charge on any atom is -0.308 e. The van der Waals surface area contributed by atoms with E-state index in [0.29, 0.717) is 11.7 Å². The Kier molecular flexibility index (Phi) is 3.93. The van der Waals surface area contributed by atoms with Crippen molar-refractivity contribution in [2.45, 2.75) is 27.2 Å². The number of hydrogen-bond acceptors (Lipinski definition) is 5. The number of aromatic nitrogens is 2. The van der Waals surface area contributed by atoms with Gasteiger partial charge in [0, 0.05) is 22.7 Å². The van der Waals surface area contributed by atoms with Crippen molar-refractivity contribution >= 4 is 17.2 Å². The Hall–Kier alpha value is -1.46. The average molecular weight is 262 g/mol. The van der Waals surface area contributed by atoms with E-state index in [-0.39, 0.29) is 0 Å². The number of aryl methyl sites for hydroxylation is 1. The first-order valence-electron chi connectivity index (χ1n) is 5.98. The highest BCUT2D eigenvalue weighted by Gasteiger charge is 2.10. The molecule has 2 aromatic rings. The lowest BCUT2D eigenvalue weighted by atomic mass is 10.1. The quantitative estimate of drug-likeness (QED) is 0.656. The van der Waals surface area contributed by atoms with Gasteiger partial charge in [-0.3, -0.25) is 0 Å². The third kappa shape index (κ3) is 2.86. The highest BCUT2D eigenvalue weighted by atomic mass is 32.1. The lowest BCUT2D eigenvalue weighted by Crippen LogP contribution is -2.11. The number of anilines is 1. The Labute approximate surface area is 111 Å². The number of nitrogens with zero attached hydrogens (tertiary/aromatic N) is 2. The molecule has 4 nitrogen and oxygen atoms in total. The SMILES string of the molecule is Cc1cscc1-c1nc(CC(C)C)cc(NN)n1. The molecule has 2 aromatic heterocycles. The van der Waals surface area contributed by atoms with Crippen LogP contribution in [0.4, 0.5) is 5.82 Å². The summed E-state index contributed by atoms with van der Waals surface area (Å²) in [6.45, 7) is 6.42. The average Bonchev–Trinajstić information content (AvgIpc) is 2.74. The minimum absolute atomic E-state index is 0.557. The summed E-state index contributed by atoms with van der Waals surface area (Å²) in [5, 5.41) is 4.17. The molecule has 0 atom stereocenters. The van der Waals surface area contributed by atoms with Gasteiger partial charge in [0.1, 0.15) is 5.82 Å². The second kappa shape index (κ2) is 5.46. The molecule has 0 unspecified atom stereocenters. The lowest BCUT2D eigenvalue weighted by molar-refractivity contribution is 0.635. The molecule has 0 aliphatic carbocycles. The Morgan fingerprint density at radius 3 is 2.67 bits per heavy atom. The molecule has 0 saturated carbocycles. The van der Waals surface area contributed by atoms with Crippen molar-refractivity contribution in [2.24, 2.45) is 11.8 Å². The molecule has 0 spiro atoms. The second-order valence-electron chi connectivity index (χ2n) is 4.78. The van der Waals surface area contributed by atoms with Gasteiger partial charge in [0.05, 0.1) is 0 Å². The molecule has 2 rings (SSSR count). The van der Waals surface area contributed by atoms with Gasteiger partial charge in [-0.15, -0.1) is 0 Å². The van der Waals surface area contributed by atoms with E-state index in [1.807, 2.05) is 6.07 Å². The van der Waals surface area contributed by atoms with Crippen molar-refractivity contribution in [3.63, 3.8) is 0 Å². The first-order chi connectivity index (χ1) is 8.60. The second-order valence-corrected chi connectivity index (χ2v) is 5.52. The predicted octanol–water partition coefficient (Wildman–Crippen LogP) is 3.00. The first kappa shape index (κ1) is 13.0. The van der Waals surface area contributed by atoms with Crippen LogP contribution in [-0.4, -0.2) is 9.97 Å². The molecule has 0 aromatic carbocycles. The zero-order valence-electron chi connectivity index (χ0n) is 10.9. The van der Waals surface area contributed by atoms with Crippen LogP contribution in [0.15, 0.2) is 16.8 Å². The molecule has 96 valence electrons. The normalized spacial score (nSPS) is 10.9. The molecule has 0 bridgehead atoms. The van der Waals surface area contributed by atoms with E-state index in [0.717, 1.165) is 23.5 Å². The van der Waals surface area contributed by atoms with Crippen LogP contribution in [0.3, 0.4) is 0 Å². The monoisotopic (exact) mass is 262 g/mol. The molecule has 0 radical (unpaired) electrons. The number of nitrogens with one attached hydrogen (secondary N) is 1. The molecule has 0 saturated heterocycles. The summed E-state index contributed by atoms with van der Waals surface area (Å²) in [6, 6.07) is 1.91. The first-order valence-corrected chi connectivity index (χ1v) is 6.92. The third-order valence-electron chi connectivity index (χ3n) is 2.64. The van der Waals surface area contributed by atoms with Gasteiger partial charge in [0.2, 0.25) is 0 Å². The minimum atomic E-state index is 0.557. The van der Waals surface area contributed by atoms with Gasteiger partial charge >= 0.3 is 0 Å². The van der Waals surface area contributed by atoms with Crippen LogP contribution in [0.25, 0.3) is 11.4 Å². The summed E-state index contributed by atoms with van der Waals surface area (Å²) >= 11 is 1.66. The summed E-state index contributed by atoms with van der Waals surface area (Å²) in [6.07, 6.45) is 0.924.